The van der Waals surface area contributed by atoms with E-state index in [1.165, 1.54) is 0 Å². The summed E-state index contributed by atoms with van der Waals surface area (Å²) in [4.78, 5) is 9.28. The van der Waals surface area contributed by atoms with Gasteiger partial charge in [-0.25, -0.2) is 14.7 Å². The largest absolute Gasteiger partial charge is 0.359 e. The van der Waals surface area contributed by atoms with Gasteiger partial charge in [0.25, 0.3) is 0 Å². The third-order valence-electron chi connectivity index (χ3n) is 5.28. The molecule has 0 aliphatic carbocycles. The van der Waals surface area contributed by atoms with E-state index in [-0.39, 0.29) is 6.04 Å². The second-order valence-electron chi connectivity index (χ2n) is 7.29. The molecule has 0 spiro atoms. The maximum absolute atomic E-state index is 5.49. The van der Waals surface area contributed by atoms with E-state index in [9.17, 15) is 0 Å². The smallest absolute Gasteiger partial charge is 0.191 e. The monoisotopic (exact) mass is 387 g/mol. The number of hydrogen-bond donors (Lipinski definition) is 2. The molecular formula is C20H33N7O. The first-order valence-electron chi connectivity index (χ1n) is 10.6. The number of nitrogens with zero attached hydrogens (tertiary/aromatic N) is 5. The number of rotatable bonds is 8. The molecule has 2 N–H and O–H groups in total. The first kappa shape index (κ1) is 20.4. The summed E-state index contributed by atoms with van der Waals surface area (Å²) in [5.41, 5.74) is 1.03. The molecule has 154 valence electrons. The van der Waals surface area contributed by atoms with Crippen molar-refractivity contribution in [2.24, 2.45) is 4.99 Å². The van der Waals surface area contributed by atoms with Gasteiger partial charge in [-0.1, -0.05) is 25.9 Å². The molecule has 1 aliphatic heterocycles. The van der Waals surface area contributed by atoms with Crippen LogP contribution in [0.1, 0.15) is 76.0 Å². The fourth-order valence-corrected chi connectivity index (χ4v) is 3.60. The van der Waals surface area contributed by atoms with Crippen LogP contribution in [0.4, 0.5) is 0 Å². The molecule has 0 bridgehead atoms. The van der Waals surface area contributed by atoms with Crippen LogP contribution < -0.4 is 10.6 Å². The zero-order valence-electron chi connectivity index (χ0n) is 17.5. The lowest BCUT2D eigenvalue weighted by Crippen LogP contribution is -2.47. The molecule has 0 aromatic carbocycles. The highest BCUT2D eigenvalue weighted by Gasteiger charge is 2.22. The normalized spacial score (nSPS) is 17.0. The summed E-state index contributed by atoms with van der Waals surface area (Å²) in [5, 5.41) is 15.7. The van der Waals surface area contributed by atoms with E-state index in [1.54, 1.807) is 0 Å². The van der Waals surface area contributed by atoms with E-state index >= 15 is 0 Å². The molecule has 1 atom stereocenters. The quantitative estimate of drug-likeness (QED) is 0.534. The minimum Gasteiger partial charge on any atom is -0.359 e. The Balaban J connectivity index is 1.61. The van der Waals surface area contributed by atoms with Crippen molar-refractivity contribution in [1.82, 2.24) is 30.6 Å². The summed E-state index contributed by atoms with van der Waals surface area (Å²) in [5.74, 6) is 4.07. The summed E-state index contributed by atoms with van der Waals surface area (Å²) in [6.07, 6.45) is 4.97. The highest BCUT2D eigenvalue weighted by molar-refractivity contribution is 5.80. The molecule has 1 aliphatic rings. The predicted octanol–water partition coefficient (Wildman–Crippen LogP) is 2.80. The van der Waals surface area contributed by atoms with Crippen LogP contribution in [-0.2, 0) is 25.9 Å². The third kappa shape index (κ3) is 4.91. The van der Waals surface area contributed by atoms with Crippen molar-refractivity contribution in [3.05, 3.63) is 29.2 Å². The van der Waals surface area contributed by atoms with Gasteiger partial charge in [-0.05, 0) is 26.2 Å². The fourth-order valence-electron chi connectivity index (χ4n) is 3.60. The van der Waals surface area contributed by atoms with E-state index in [2.05, 4.69) is 53.6 Å². The second-order valence-corrected chi connectivity index (χ2v) is 7.29. The summed E-state index contributed by atoms with van der Waals surface area (Å²) in [6, 6.07) is 2.32. The summed E-state index contributed by atoms with van der Waals surface area (Å²) < 4.78 is 7.52. The van der Waals surface area contributed by atoms with Gasteiger partial charge in [-0.15, -0.1) is 0 Å². The highest BCUT2D eigenvalue weighted by atomic mass is 16.5. The minimum absolute atomic E-state index is 0.284. The minimum atomic E-state index is 0.284. The Labute approximate surface area is 167 Å². The molecule has 0 saturated carbocycles. The van der Waals surface area contributed by atoms with Crippen LogP contribution in [-0.4, -0.2) is 38.5 Å². The number of aromatic nitrogens is 4. The topological polar surface area (TPSA) is 93.2 Å². The molecule has 0 radical (unpaired) electrons. The Bertz CT molecular complexity index is 775. The molecule has 8 nitrogen and oxygen atoms in total. The Kier molecular flexibility index (Phi) is 7.06. The van der Waals surface area contributed by atoms with E-state index in [0.29, 0.717) is 12.5 Å². The van der Waals surface area contributed by atoms with Gasteiger partial charge in [-0.3, -0.25) is 0 Å². The molecule has 1 unspecified atom stereocenters. The van der Waals surface area contributed by atoms with Crippen LogP contribution in [0.5, 0.6) is 0 Å². The van der Waals surface area contributed by atoms with Crippen LogP contribution in [0.25, 0.3) is 0 Å². The van der Waals surface area contributed by atoms with Crippen molar-refractivity contribution < 1.29 is 4.52 Å². The molecular weight excluding hydrogens is 354 g/mol. The number of fused-ring (bicyclic) bond motifs is 1. The molecule has 0 amide bonds. The van der Waals surface area contributed by atoms with E-state index in [1.807, 2.05) is 10.7 Å². The van der Waals surface area contributed by atoms with Crippen molar-refractivity contribution in [3.8, 4) is 0 Å². The molecule has 2 aromatic heterocycles. The van der Waals surface area contributed by atoms with Gasteiger partial charge < -0.3 is 15.2 Å². The summed E-state index contributed by atoms with van der Waals surface area (Å²) >= 11 is 0. The van der Waals surface area contributed by atoms with E-state index in [4.69, 9.17) is 9.52 Å². The predicted molar refractivity (Wildman–Crippen MR) is 109 cm³/mol. The first-order valence-corrected chi connectivity index (χ1v) is 10.6. The van der Waals surface area contributed by atoms with Gasteiger partial charge in [0.05, 0.1) is 12.2 Å². The number of nitrogens with one attached hydrogen (secondary N) is 2. The number of aryl methyl sites for hydroxylation is 2. The van der Waals surface area contributed by atoms with Gasteiger partial charge in [0.1, 0.15) is 12.4 Å². The second kappa shape index (κ2) is 9.71. The number of guanidine groups is 1. The Morgan fingerprint density at radius 3 is 2.86 bits per heavy atom. The maximum atomic E-state index is 5.49. The van der Waals surface area contributed by atoms with Crippen LogP contribution in [0, 0.1) is 0 Å². The molecule has 2 aromatic rings. The van der Waals surface area contributed by atoms with Crippen LogP contribution in [0.2, 0.25) is 0 Å². The summed E-state index contributed by atoms with van der Waals surface area (Å²) in [6.45, 7) is 10.6. The van der Waals surface area contributed by atoms with Crippen molar-refractivity contribution >= 4 is 5.96 Å². The highest BCUT2D eigenvalue weighted by Crippen LogP contribution is 2.22. The van der Waals surface area contributed by atoms with Crippen LogP contribution in [0.15, 0.2) is 15.6 Å². The van der Waals surface area contributed by atoms with Gasteiger partial charge in [-0.2, -0.15) is 5.10 Å². The zero-order chi connectivity index (χ0) is 19.9. The van der Waals surface area contributed by atoms with Crippen molar-refractivity contribution in [1.29, 1.82) is 0 Å². The standard InChI is InChI=1S/C20H33N7O/c1-5-14(6-2)17-11-16(28-26-17)12-22-20(21-8-4)23-15-9-10-19-24-18(7-3)25-27(19)13-15/h11,14-15H,5-10,12-13H2,1-4H3,(H2,21,22,23). The first-order chi connectivity index (χ1) is 13.7. The van der Waals surface area contributed by atoms with Gasteiger partial charge in [0.2, 0.25) is 0 Å². The van der Waals surface area contributed by atoms with Crippen molar-refractivity contribution in [3.63, 3.8) is 0 Å². The van der Waals surface area contributed by atoms with E-state index in [0.717, 1.165) is 74.3 Å². The van der Waals surface area contributed by atoms with Crippen molar-refractivity contribution in [2.45, 2.75) is 84.8 Å². The summed E-state index contributed by atoms with van der Waals surface area (Å²) in [7, 11) is 0. The third-order valence-corrected chi connectivity index (χ3v) is 5.28. The lowest BCUT2D eigenvalue weighted by molar-refractivity contribution is 0.371. The van der Waals surface area contributed by atoms with E-state index < -0.39 is 0 Å². The number of aliphatic imine (C=N–C) groups is 1. The molecule has 3 heterocycles. The molecule has 28 heavy (non-hydrogen) atoms. The molecule has 0 saturated heterocycles. The zero-order valence-corrected chi connectivity index (χ0v) is 17.5. The van der Waals surface area contributed by atoms with Crippen LogP contribution in [0.3, 0.4) is 0 Å². The lowest BCUT2D eigenvalue weighted by atomic mass is 9.99. The van der Waals surface area contributed by atoms with Gasteiger partial charge in [0, 0.05) is 37.4 Å². The fraction of sp³-hybridized carbons (Fsp3) is 0.700. The Morgan fingerprint density at radius 1 is 1.32 bits per heavy atom. The SMILES string of the molecule is CCNC(=NCc1cc(C(CC)CC)no1)NC1CCc2nc(CC)nn2C1. The molecule has 0 fully saturated rings. The Morgan fingerprint density at radius 2 is 2.14 bits per heavy atom. The van der Waals surface area contributed by atoms with Crippen molar-refractivity contribution in [2.75, 3.05) is 6.54 Å². The van der Waals surface area contributed by atoms with Gasteiger partial charge in [0.15, 0.2) is 17.5 Å². The molecule has 3 rings (SSSR count). The average molecular weight is 388 g/mol. The Hall–Kier alpha value is -2.38. The van der Waals surface area contributed by atoms with Crippen LogP contribution >= 0.6 is 0 Å². The average Bonchev–Trinajstić information content (AvgIpc) is 3.33. The lowest BCUT2D eigenvalue weighted by Gasteiger charge is -2.25. The molecule has 8 heteroatoms. The van der Waals surface area contributed by atoms with Gasteiger partial charge >= 0.3 is 0 Å². The maximum Gasteiger partial charge on any atom is 0.191 e. The number of hydrogen-bond acceptors (Lipinski definition) is 5.